The molecule has 0 unspecified atom stereocenters. The summed E-state index contributed by atoms with van der Waals surface area (Å²) in [5.41, 5.74) is 12.0. The van der Waals surface area contributed by atoms with Crippen molar-refractivity contribution in [3.8, 4) is 0 Å². The molecule has 9 heteroatoms. The van der Waals surface area contributed by atoms with Gasteiger partial charge in [0.2, 0.25) is 0 Å². The molecule has 0 bridgehead atoms. The van der Waals surface area contributed by atoms with Crippen LogP contribution in [0.1, 0.15) is 0 Å². The SMILES string of the molecule is O=C(NNc1ccccc1)[C@@H]1O[C@@H](NNc2ccccc2)[C@H](O)[C@H](O)[C@@H]1O. The molecule has 1 aliphatic heterocycles. The van der Waals surface area contributed by atoms with E-state index in [9.17, 15) is 20.1 Å². The molecule has 0 aromatic heterocycles. The summed E-state index contributed by atoms with van der Waals surface area (Å²) in [6.45, 7) is 0. The Balaban J connectivity index is 1.60. The Hall–Kier alpha value is -2.69. The first kappa shape index (κ1) is 19.1. The van der Waals surface area contributed by atoms with Gasteiger partial charge < -0.3 is 25.5 Å². The zero-order valence-corrected chi connectivity index (χ0v) is 14.3. The van der Waals surface area contributed by atoms with Crippen molar-refractivity contribution in [2.75, 3.05) is 10.9 Å². The van der Waals surface area contributed by atoms with E-state index in [1.54, 1.807) is 36.4 Å². The highest BCUT2D eigenvalue weighted by Gasteiger charge is 2.46. The van der Waals surface area contributed by atoms with Crippen molar-refractivity contribution in [3.63, 3.8) is 0 Å². The second kappa shape index (κ2) is 8.80. The number of hydrogen-bond acceptors (Lipinski definition) is 8. The van der Waals surface area contributed by atoms with Gasteiger partial charge in [0.05, 0.1) is 5.69 Å². The third-order valence-electron chi connectivity index (χ3n) is 4.11. The Kier molecular flexibility index (Phi) is 6.22. The summed E-state index contributed by atoms with van der Waals surface area (Å²) in [4.78, 5) is 12.4. The van der Waals surface area contributed by atoms with Crippen LogP contribution < -0.4 is 21.7 Å². The molecule has 3 rings (SSSR count). The monoisotopic (exact) mass is 374 g/mol. The van der Waals surface area contributed by atoms with Crippen molar-refractivity contribution in [1.29, 1.82) is 0 Å². The number of amides is 1. The van der Waals surface area contributed by atoms with Crippen molar-refractivity contribution < 1.29 is 24.9 Å². The molecule has 1 amide bonds. The summed E-state index contributed by atoms with van der Waals surface area (Å²) < 4.78 is 5.47. The van der Waals surface area contributed by atoms with Gasteiger partial charge in [-0.3, -0.25) is 15.6 Å². The highest BCUT2D eigenvalue weighted by molar-refractivity contribution is 5.82. The van der Waals surface area contributed by atoms with E-state index in [1.807, 2.05) is 24.3 Å². The highest BCUT2D eigenvalue weighted by Crippen LogP contribution is 2.20. The first-order chi connectivity index (χ1) is 13.1. The zero-order chi connectivity index (χ0) is 19.2. The Morgan fingerprint density at radius 1 is 0.778 bits per heavy atom. The lowest BCUT2D eigenvalue weighted by Crippen LogP contribution is -2.65. The van der Waals surface area contributed by atoms with Gasteiger partial charge in [0.15, 0.2) is 12.3 Å². The maximum Gasteiger partial charge on any atom is 0.270 e. The first-order valence-electron chi connectivity index (χ1n) is 8.43. The molecule has 1 fully saturated rings. The number of aliphatic hydroxyl groups is 3. The number of hydrogen-bond donors (Lipinski definition) is 7. The van der Waals surface area contributed by atoms with Crippen molar-refractivity contribution >= 4 is 17.3 Å². The van der Waals surface area contributed by atoms with Crippen LogP contribution in [0.15, 0.2) is 60.7 Å². The van der Waals surface area contributed by atoms with Gasteiger partial charge in [-0.25, -0.2) is 5.43 Å². The standard InChI is InChI=1S/C18H22N4O5/c23-13-14(24)16(17(26)21-19-11-7-3-1-4-8-11)27-18(15(13)25)22-20-12-9-5-2-6-10-12/h1-10,13-16,18-20,22-25H,(H,21,26)/t13-,14+,15-,16-,18-/m1/s1. The van der Waals surface area contributed by atoms with Crippen LogP contribution in [0.4, 0.5) is 11.4 Å². The fourth-order valence-electron chi connectivity index (χ4n) is 2.62. The first-order valence-corrected chi connectivity index (χ1v) is 8.43. The lowest BCUT2D eigenvalue weighted by Gasteiger charge is -2.40. The van der Waals surface area contributed by atoms with Gasteiger partial charge in [-0.2, -0.15) is 0 Å². The predicted octanol–water partition coefficient (Wildman–Crippen LogP) is -0.446. The van der Waals surface area contributed by atoms with Crippen LogP contribution in [0, 0.1) is 0 Å². The summed E-state index contributed by atoms with van der Waals surface area (Å²) in [5, 5.41) is 30.3. The average molecular weight is 374 g/mol. The number of rotatable bonds is 6. The minimum atomic E-state index is -1.59. The van der Waals surface area contributed by atoms with Gasteiger partial charge in [0.25, 0.3) is 5.91 Å². The highest BCUT2D eigenvalue weighted by atomic mass is 16.6. The van der Waals surface area contributed by atoms with E-state index in [2.05, 4.69) is 21.7 Å². The number of carbonyl (C=O) groups excluding carboxylic acids is 1. The van der Waals surface area contributed by atoms with E-state index < -0.39 is 36.6 Å². The Morgan fingerprint density at radius 3 is 1.93 bits per heavy atom. The summed E-state index contributed by atoms with van der Waals surface area (Å²) in [6, 6.07) is 17.9. The van der Waals surface area contributed by atoms with Gasteiger partial charge in [-0.05, 0) is 24.3 Å². The molecule has 0 saturated carbocycles. The molecule has 2 aromatic rings. The van der Waals surface area contributed by atoms with E-state index in [-0.39, 0.29) is 0 Å². The van der Waals surface area contributed by atoms with Crippen LogP contribution in [-0.4, -0.2) is 51.9 Å². The molecule has 0 spiro atoms. The van der Waals surface area contributed by atoms with Crippen LogP contribution in [0.3, 0.4) is 0 Å². The van der Waals surface area contributed by atoms with Gasteiger partial charge in [0, 0.05) is 5.69 Å². The van der Waals surface area contributed by atoms with E-state index in [0.717, 1.165) is 0 Å². The van der Waals surface area contributed by atoms with Gasteiger partial charge in [-0.1, -0.05) is 36.4 Å². The van der Waals surface area contributed by atoms with Crippen LogP contribution in [0.5, 0.6) is 0 Å². The minimum absolute atomic E-state index is 0.636. The topological polar surface area (TPSA) is 135 Å². The van der Waals surface area contributed by atoms with Crippen molar-refractivity contribution in [2.24, 2.45) is 0 Å². The van der Waals surface area contributed by atoms with Crippen LogP contribution in [0.2, 0.25) is 0 Å². The fraction of sp³-hybridized carbons (Fsp3) is 0.278. The maximum absolute atomic E-state index is 12.4. The number of ether oxygens (including phenoxy) is 1. The normalized spacial score (nSPS) is 27.6. The van der Waals surface area contributed by atoms with Crippen LogP contribution in [0.25, 0.3) is 0 Å². The molecule has 0 radical (unpaired) electrons. The van der Waals surface area contributed by atoms with Crippen molar-refractivity contribution in [2.45, 2.75) is 30.6 Å². The predicted molar refractivity (Wildman–Crippen MR) is 98.1 cm³/mol. The van der Waals surface area contributed by atoms with E-state index in [4.69, 9.17) is 4.74 Å². The van der Waals surface area contributed by atoms with E-state index in [1.165, 1.54) is 0 Å². The minimum Gasteiger partial charge on any atom is -0.387 e. The number of para-hydroxylation sites is 2. The van der Waals surface area contributed by atoms with Crippen molar-refractivity contribution in [1.82, 2.24) is 10.9 Å². The number of hydrazine groups is 2. The zero-order valence-electron chi connectivity index (χ0n) is 14.3. The second-order valence-corrected chi connectivity index (χ2v) is 6.06. The molecule has 27 heavy (non-hydrogen) atoms. The molecule has 144 valence electrons. The summed E-state index contributed by atoms with van der Waals surface area (Å²) in [6.07, 6.45) is -7.12. The average Bonchev–Trinajstić information content (AvgIpc) is 2.71. The Morgan fingerprint density at radius 2 is 1.33 bits per heavy atom. The number of aliphatic hydroxyl groups excluding tert-OH is 3. The fourth-order valence-corrected chi connectivity index (χ4v) is 2.62. The molecular formula is C18H22N4O5. The molecule has 0 aliphatic carbocycles. The molecule has 7 N–H and O–H groups in total. The second-order valence-electron chi connectivity index (χ2n) is 6.06. The number of benzene rings is 2. The van der Waals surface area contributed by atoms with Gasteiger partial charge in [0.1, 0.15) is 18.3 Å². The van der Waals surface area contributed by atoms with Gasteiger partial charge >= 0.3 is 0 Å². The van der Waals surface area contributed by atoms with Crippen LogP contribution >= 0.6 is 0 Å². The molecule has 5 atom stereocenters. The smallest absolute Gasteiger partial charge is 0.270 e. The van der Waals surface area contributed by atoms with Crippen molar-refractivity contribution in [3.05, 3.63) is 60.7 Å². The third kappa shape index (κ3) is 4.73. The maximum atomic E-state index is 12.4. The molecule has 9 nitrogen and oxygen atoms in total. The Bertz CT molecular complexity index is 733. The molecule has 1 saturated heterocycles. The van der Waals surface area contributed by atoms with Gasteiger partial charge in [-0.15, -0.1) is 0 Å². The molecule has 2 aromatic carbocycles. The lowest BCUT2D eigenvalue weighted by atomic mass is 9.98. The number of carbonyl (C=O) groups is 1. The molecule has 1 aliphatic rings. The van der Waals surface area contributed by atoms with E-state index in [0.29, 0.717) is 11.4 Å². The summed E-state index contributed by atoms with van der Waals surface area (Å²) >= 11 is 0. The van der Waals surface area contributed by atoms with E-state index >= 15 is 0 Å². The van der Waals surface area contributed by atoms with Crippen LogP contribution in [-0.2, 0) is 9.53 Å². The number of nitrogens with one attached hydrogen (secondary N) is 4. The Labute approximate surface area is 155 Å². The number of anilines is 2. The summed E-state index contributed by atoms with van der Waals surface area (Å²) in [7, 11) is 0. The lowest BCUT2D eigenvalue weighted by molar-refractivity contribution is -0.225. The largest absolute Gasteiger partial charge is 0.387 e. The quantitative estimate of drug-likeness (QED) is 0.338. The molecular weight excluding hydrogens is 352 g/mol. The summed E-state index contributed by atoms with van der Waals surface area (Å²) in [5.74, 6) is -0.691. The third-order valence-corrected chi connectivity index (χ3v) is 4.11. The molecule has 1 heterocycles.